The maximum atomic E-state index is 4.30. The van der Waals surface area contributed by atoms with Gasteiger partial charge in [0.15, 0.2) is 0 Å². The highest BCUT2D eigenvalue weighted by molar-refractivity contribution is 7.09. The fraction of sp³-hybridized carbons (Fsp3) is 0.750. The molecule has 80 valence electrons. The van der Waals surface area contributed by atoms with Crippen LogP contribution >= 0.6 is 11.3 Å². The number of aryl methyl sites for hydroxylation is 1. The van der Waals surface area contributed by atoms with Crippen LogP contribution in [0.5, 0.6) is 0 Å². The van der Waals surface area contributed by atoms with Gasteiger partial charge in [-0.25, -0.2) is 4.98 Å². The van der Waals surface area contributed by atoms with E-state index in [0.29, 0.717) is 5.92 Å². The fourth-order valence-electron chi connectivity index (χ4n) is 1.79. The first-order valence-electron chi connectivity index (χ1n) is 5.65. The van der Waals surface area contributed by atoms with Crippen molar-refractivity contribution >= 4 is 11.3 Å². The third-order valence-corrected chi connectivity index (χ3v) is 3.88. The summed E-state index contributed by atoms with van der Waals surface area (Å²) in [6.07, 6.45) is 6.79. The van der Waals surface area contributed by atoms with E-state index >= 15 is 0 Å². The number of hydrogen-bond donors (Lipinski definition) is 0. The summed E-state index contributed by atoms with van der Waals surface area (Å²) in [6.45, 7) is 6.71. The minimum Gasteiger partial charge on any atom is -0.250 e. The topological polar surface area (TPSA) is 12.9 Å². The molecule has 1 rings (SSSR count). The maximum absolute atomic E-state index is 4.30. The van der Waals surface area contributed by atoms with Gasteiger partial charge in [0.1, 0.15) is 0 Å². The summed E-state index contributed by atoms with van der Waals surface area (Å²) < 4.78 is 0. The Balaban J connectivity index is 2.28. The predicted molar refractivity (Wildman–Crippen MR) is 64.0 cm³/mol. The van der Waals surface area contributed by atoms with Crippen LogP contribution in [-0.2, 0) is 0 Å². The lowest BCUT2D eigenvalue weighted by Gasteiger charge is -2.09. The molecule has 0 aliphatic rings. The van der Waals surface area contributed by atoms with Crippen LogP contribution in [0, 0.1) is 6.92 Å². The third-order valence-electron chi connectivity index (χ3n) is 2.72. The number of aromatic nitrogens is 1. The second-order valence-electron chi connectivity index (χ2n) is 4.05. The van der Waals surface area contributed by atoms with Gasteiger partial charge >= 0.3 is 0 Å². The van der Waals surface area contributed by atoms with Crippen molar-refractivity contribution in [1.82, 2.24) is 4.98 Å². The largest absolute Gasteiger partial charge is 0.250 e. The van der Waals surface area contributed by atoms with Gasteiger partial charge in [0.25, 0.3) is 0 Å². The predicted octanol–water partition coefficient (Wildman–Crippen LogP) is 4.53. The van der Waals surface area contributed by atoms with Crippen LogP contribution in [0.4, 0.5) is 0 Å². The van der Waals surface area contributed by atoms with Gasteiger partial charge in [-0.05, 0) is 19.3 Å². The molecule has 0 bridgehead atoms. The van der Waals surface area contributed by atoms with Crippen molar-refractivity contribution in [2.45, 2.75) is 58.8 Å². The van der Waals surface area contributed by atoms with Crippen LogP contribution in [-0.4, -0.2) is 4.98 Å². The van der Waals surface area contributed by atoms with E-state index in [1.54, 1.807) is 0 Å². The van der Waals surface area contributed by atoms with Crippen molar-refractivity contribution in [3.63, 3.8) is 0 Å². The van der Waals surface area contributed by atoms with Crippen LogP contribution in [0.1, 0.15) is 62.4 Å². The molecule has 1 aromatic rings. The lowest BCUT2D eigenvalue weighted by molar-refractivity contribution is 0.582. The van der Waals surface area contributed by atoms with Crippen molar-refractivity contribution in [2.24, 2.45) is 0 Å². The number of unbranched alkanes of at least 4 members (excludes halogenated alkanes) is 3. The van der Waals surface area contributed by atoms with Gasteiger partial charge in [-0.2, -0.15) is 0 Å². The van der Waals surface area contributed by atoms with Crippen LogP contribution in [0.15, 0.2) is 5.51 Å². The molecule has 0 amide bonds. The molecule has 0 fully saturated rings. The first-order valence-corrected chi connectivity index (χ1v) is 6.53. The first kappa shape index (κ1) is 11.7. The van der Waals surface area contributed by atoms with Crippen molar-refractivity contribution in [3.05, 3.63) is 16.1 Å². The highest BCUT2D eigenvalue weighted by atomic mass is 32.1. The van der Waals surface area contributed by atoms with Gasteiger partial charge in [0, 0.05) is 4.88 Å². The normalized spacial score (nSPS) is 13.1. The summed E-state index contributed by atoms with van der Waals surface area (Å²) in [5.41, 5.74) is 3.20. The minimum absolute atomic E-state index is 0.708. The summed E-state index contributed by atoms with van der Waals surface area (Å²) in [4.78, 5) is 5.79. The van der Waals surface area contributed by atoms with Crippen molar-refractivity contribution < 1.29 is 0 Å². The quantitative estimate of drug-likeness (QED) is 0.630. The van der Waals surface area contributed by atoms with E-state index in [1.807, 2.05) is 16.8 Å². The smallest absolute Gasteiger partial charge is 0.0797 e. The fourth-order valence-corrected chi connectivity index (χ4v) is 2.69. The molecule has 0 aliphatic heterocycles. The van der Waals surface area contributed by atoms with E-state index in [-0.39, 0.29) is 0 Å². The van der Waals surface area contributed by atoms with Gasteiger partial charge in [-0.3, -0.25) is 0 Å². The van der Waals surface area contributed by atoms with E-state index in [4.69, 9.17) is 0 Å². The van der Waals surface area contributed by atoms with Crippen LogP contribution in [0.2, 0.25) is 0 Å². The van der Waals surface area contributed by atoms with Crippen molar-refractivity contribution in [1.29, 1.82) is 0 Å². The molecule has 0 saturated carbocycles. The number of rotatable bonds is 6. The molecular formula is C12H21NS. The summed E-state index contributed by atoms with van der Waals surface area (Å²) in [5.74, 6) is 0.708. The average Bonchev–Trinajstić information content (AvgIpc) is 2.59. The third kappa shape index (κ3) is 3.41. The molecule has 0 N–H and O–H groups in total. The molecule has 2 heteroatoms. The van der Waals surface area contributed by atoms with Crippen LogP contribution in [0.25, 0.3) is 0 Å². The summed E-state index contributed by atoms with van der Waals surface area (Å²) >= 11 is 1.81. The molecule has 0 aromatic carbocycles. The lowest BCUT2D eigenvalue weighted by atomic mass is 10.0. The summed E-state index contributed by atoms with van der Waals surface area (Å²) in [6, 6.07) is 0. The maximum Gasteiger partial charge on any atom is 0.0797 e. The Morgan fingerprint density at radius 2 is 2.14 bits per heavy atom. The number of hydrogen-bond acceptors (Lipinski definition) is 2. The molecule has 0 saturated heterocycles. The molecule has 0 radical (unpaired) electrons. The van der Waals surface area contributed by atoms with Gasteiger partial charge in [0.05, 0.1) is 11.2 Å². The molecule has 1 nitrogen and oxygen atoms in total. The van der Waals surface area contributed by atoms with Crippen LogP contribution in [0.3, 0.4) is 0 Å². The first-order chi connectivity index (χ1) is 6.75. The Hall–Kier alpha value is -0.370. The molecule has 0 aliphatic carbocycles. The van der Waals surface area contributed by atoms with Crippen LogP contribution < -0.4 is 0 Å². The second kappa shape index (κ2) is 6.18. The van der Waals surface area contributed by atoms with Gasteiger partial charge in [0.2, 0.25) is 0 Å². The molecular weight excluding hydrogens is 190 g/mol. The lowest BCUT2D eigenvalue weighted by Crippen LogP contribution is -1.93. The highest BCUT2D eigenvalue weighted by Gasteiger charge is 2.09. The van der Waals surface area contributed by atoms with E-state index < -0.39 is 0 Å². The molecule has 1 aromatic heterocycles. The van der Waals surface area contributed by atoms with E-state index in [2.05, 4.69) is 25.8 Å². The zero-order valence-electron chi connectivity index (χ0n) is 9.55. The standard InChI is InChI=1S/C12H21NS/c1-4-5-6-7-8-10(2)12-11(3)13-9-14-12/h9-10H,4-8H2,1-3H3. The van der Waals surface area contributed by atoms with Gasteiger partial charge in [-0.15, -0.1) is 11.3 Å². The molecule has 1 unspecified atom stereocenters. The molecule has 1 heterocycles. The van der Waals surface area contributed by atoms with Gasteiger partial charge < -0.3 is 0 Å². The zero-order chi connectivity index (χ0) is 10.4. The number of thiazole rings is 1. The average molecular weight is 211 g/mol. The molecule has 0 spiro atoms. The van der Waals surface area contributed by atoms with E-state index in [1.165, 1.54) is 42.7 Å². The van der Waals surface area contributed by atoms with Gasteiger partial charge in [-0.1, -0.05) is 39.5 Å². The Labute approximate surface area is 91.6 Å². The SMILES string of the molecule is CCCCCCC(C)c1scnc1C. The number of nitrogens with zero attached hydrogens (tertiary/aromatic N) is 1. The zero-order valence-corrected chi connectivity index (χ0v) is 10.4. The molecule has 1 atom stereocenters. The van der Waals surface area contributed by atoms with Crippen molar-refractivity contribution in [3.8, 4) is 0 Å². The Bertz CT molecular complexity index is 255. The minimum atomic E-state index is 0.708. The molecule has 14 heavy (non-hydrogen) atoms. The van der Waals surface area contributed by atoms with E-state index in [9.17, 15) is 0 Å². The monoisotopic (exact) mass is 211 g/mol. The Kier molecular flexibility index (Phi) is 5.16. The van der Waals surface area contributed by atoms with Crippen molar-refractivity contribution in [2.75, 3.05) is 0 Å². The summed E-state index contributed by atoms with van der Waals surface area (Å²) in [7, 11) is 0. The summed E-state index contributed by atoms with van der Waals surface area (Å²) in [5, 5.41) is 0. The Morgan fingerprint density at radius 1 is 1.36 bits per heavy atom. The Morgan fingerprint density at radius 3 is 2.71 bits per heavy atom. The highest BCUT2D eigenvalue weighted by Crippen LogP contribution is 2.27. The second-order valence-corrected chi connectivity index (χ2v) is 4.94. The van der Waals surface area contributed by atoms with E-state index in [0.717, 1.165) is 0 Å².